The van der Waals surface area contributed by atoms with Crippen LogP contribution in [-0.2, 0) is 4.74 Å². The number of nitrogens with zero attached hydrogens (tertiary/aromatic N) is 1. The highest BCUT2D eigenvalue weighted by Gasteiger charge is 2.08. The smallest absolute Gasteiger partial charge is 0.0679 e. The fraction of sp³-hybridized carbons (Fsp3) is 0.455. The van der Waals surface area contributed by atoms with Gasteiger partial charge in [0.25, 0.3) is 0 Å². The van der Waals surface area contributed by atoms with E-state index < -0.39 is 0 Å². The van der Waals surface area contributed by atoms with Crippen LogP contribution in [0.25, 0.3) is 0 Å². The van der Waals surface area contributed by atoms with Gasteiger partial charge in [-0.2, -0.15) is 0 Å². The molecule has 0 aromatic heterocycles. The number of benzene rings is 1. The summed E-state index contributed by atoms with van der Waals surface area (Å²) >= 11 is 0. The van der Waals surface area contributed by atoms with Crippen LogP contribution in [0.2, 0.25) is 0 Å². The van der Waals surface area contributed by atoms with Crippen molar-refractivity contribution in [3.63, 3.8) is 0 Å². The Kier molecular flexibility index (Phi) is 3.38. The molecule has 14 heavy (non-hydrogen) atoms. The molecule has 1 aromatic rings. The van der Waals surface area contributed by atoms with Crippen molar-refractivity contribution >= 4 is 5.69 Å². The lowest BCUT2D eigenvalue weighted by atomic mass is 10.3. The SMILES string of the molecule is c1ccc(NCN2CCOCC2)cc1. The predicted molar refractivity (Wildman–Crippen MR) is 57.3 cm³/mol. The Labute approximate surface area is 84.7 Å². The molecule has 1 N–H and O–H groups in total. The summed E-state index contributed by atoms with van der Waals surface area (Å²) in [5.74, 6) is 0. The minimum Gasteiger partial charge on any atom is -0.379 e. The quantitative estimate of drug-likeness (QED) is 0.783. The van der Waals surface area contributed by atoms with E-state index in [1.165, 1.54) is 5.69 Å². The van der Waals surface area contributed by atoms with E-state index in [1.54, 1.807) is 0 Å². The van der Waals surface area contributed by atoms with E-state index in [0.717, 1.165) is 33.0 Å². The molecular formula is C11H16N2O. The van der Waals surface area contributed by atoms with E-state index in [0.29, 0.717) is 0 Å². The van der Waals surface area contributed by atoms with Gasteiger partial charge in [0, 0.05) is 18.8 Å². The second-order valence-electron chi connectivity index (χ2n) is 3.43. The Balaban J connectivity index is 1.76. The third-order valence-corrected chi connectivity index (χ3v) is 2.38. The molecule has 1 aliphatic heterocycles. The van der Waals surface area contributed by atoms with Gasteiger partial charge in [-0.05, 0) is 12.1 Å². The second-order valence-corrected chi connectivity index (χ2v) is 3.43. The lowest BCUT2D eigenvalue weighted by molar-refractivity contribution is 0.0414. The molecule has 1 heterocycles. The van der Waals surface area contributed by atoms with Crippen LogP contribution >= 0.6 is 0 Å². The van der Waals surface area contributed by atoms with Gasteiger partial charge in [0.1, 0.15) is 0 Å². The molecule has 0 spiro atoms. The maximum absolute atomic E-state index is 5.28. The summed E-state index contributed by atoms with van der Waals surface area (Å²) in [4.78, 5) is 2.36. The summed E-state index contributed by atoms with van der Waals surface area (Å²) in [6.45, 7) is 4.68. The average molecular weight is 192 g/mol. The maximum atomic E-state index is 5.28. The second kappa shape index (κ2) is 4.98. The molecular weight excluding hydrogens is 176 g/mol. The van der Waals surface area contributed by atoms with Gasteiger partial charge in [-0.3, -0.25) is 4.90 Å². The summed E-state index contributed by atoms with van der Waals surface area (Å²) < 4.78 is 5.28. The molecule has 1 saturated heterocycles. The average Bonchev–Trinajstić information content (AvgIpc) is 2.29. The van der Waals surface area contributed by atoms with Gasteiger partial charge >= 0.3 is 0 Å². The molecule has 0 unspecified atom stereocenters. The number of morpholine rings is 1. The molecule has 0 saturated carbocycles. The van der Waals surface area contributed by atoms with Gasteiger partial charge in [-0.25, -0.2) is 0 Å². The number of para-hydroxylation sites is 1. The van der Waals surface area contributed by atoms with E-state index in [-0.39, 0.29) is 0 Å². The fourth-order valence-corrected chi connectivity index (χ4v) is 1.52. The molecule has 2 rings (SSSR count). The monoisotopic (exact) mass is 192 g/mol. The third kappa shape index (κ3) is 2.72. The first-order valence-corrected chi connectivity index (χ1v) is 5.04. The molecule has 1 aliphatic rings. The molecule has 3 nitrogen and oxygen atoms in total. The third-order valence-electron chi connectivity index (χ3n) is 2.38. The van der Waals surface area contributed by atoms with Crippen LogP contribution in [0.4, 0.5) is 5.69 Å². The van der Waals surface area contributed by atoms with Crippen molar-refractivity contribution in [1.29, 1.82) is 0 Å². The van der Waals surface area contributed by atoms with Crippen molar-refractivity contribution in [2.75, 3.05) is 38.3 Å². The van der Waals surface area contributed by atoms with Crippen LogP contribution in [0.1, 0.15) is 0 Å². The van der Waals surface area contributed by atoms with Crippen LogP contribution in [-0.4, -0.2) is 37.9 Å². The highest BCUT2D eigenvalue weighted by atomic mass is 16.5. The summed E-state index contributed by atoms with van der Waals surface area (Å²) in [5.41, 5.74) is 1.18. The number of rotatable bonds is 3. The van der Waals surface area contributed by atoms with E-state index in [9.17, 15) is 0 Å². The molecule has 1 aromatic carbocycles. The summed E-state index contributed by atoms with van der Waals surface area (Å²) in [7, 11) is 0. The maximum Gasteiger partial charge on any atom is 0.0679 e. The van der Waals surface area contributed by atoms with Crippen LogP contribution in [0, 0.1) is 0 Å². The predicted octanol–water partition coefficient (Wildman–Crippen LogP) is 1.39. The summed E-state index contributed by atoms with van der Waals surface area (Å²) in [5, 5.41) is 3.38. The highest BCUT2D eigenvalue weighted by Crippen LogP contribution is 2.05. The zero-order valence-electron chi connectivity index (χ0n) is 8.28. The molecule has 0 bridgehead atoms. The zero-order chi connectivity index (χ0) is 9.64. The van der Waals surface area contributed by atoms with Crippen molar-refractivity contribution in [1.82, 2.24) is 4.90 Å². The van der Waals surface area contributed by atoms with Crippen molar-refractivity contribution in [2.24, 2.45) is 0 Å². The number of hydrogen-bond donors (Lipinski definition) is 1. The number of hydrogen-bond acceptors (Lipinski definition) is 3. The van der Waals surface area contributed by atoms with Gasteiger partial charge in [0.15, 0.2) is 0 Å². The molecule has 76 valence electrons. The van der Waals surface area contributed by atoms with Crippen molar-refractivity contribution in [2.45, 2.75) is 0 Å². The number of nitrogens with one attached hydrogen (secondary N) is 1. The first-order valence-electron chi connectivity index (χ1n) is 5.04. The van der Waals surface area contributed by atoms with E-state index in [4.69, 9.17) is 4.74 Å². The van der Waals surface area contributed by atoms with Gasteiger partial charge < -0.3 is 10.1 Å². The molecule has 0 aliphatic carbocycles. The number of anilines is 1. The standard InChI is InChI=1S/C11H16N2O/c1-2-4-11(5-3-1)12-10-13-6-8-14-9-7-13/h1-5,12H,6-10H2. The molecule has 1 fully saturated rings. The fourth-order valence-electron chi connectivity index (χ4n) is 1.52. The number of ether oxygens (including phenoxy) is 1. The first kappa shape index (κ1) is 9.49. The normalized spacial score (nSPS) is 18.0. The van der Waals surface area contributed by atoms with Gasteiger partial charge in [-0.15, -0.1) is 0 Å². The highest BCUT2D eigenvalue weighted by molar-refractivity contribution is 5.42. The molecule has 0 amide bonds. The summed E-state index contributed by atoms with van der Waals surface area (Å²) in [6.07, 6.45) is 0. The Morgan fingerprint density at radius 1 is 1.14 bits per heavy atom. The lowest BCUT2D eigenvalue weighted by Crippen LogP contribution is -2.39. The Morgan fingerprint density at radius 3 is 2.57 bits per heavy atom. The van der Waals surface area contributed by atoms with E-state index in [1.807, 2.05) is 18.2 Å². The van der Waals surface area contributed by atoms with Crippen molar-refractivity contribution in [3.8, 4) is 0 Å². The molecule has 0 radical (unpaired) electrons. The summed E-state index contributed by atoms with van der Waals surface area (Å²) in [6, 6.07) is 10.3. The lowest BCUT2D eigenvalue weighted by Gasteiger charge is -2.26. The Hall–Kier alpha value is -1.06. The molecule has 0 atom stereocenters. The Morgan fingerprint density at radius 2 is 1.86 bits per heavy atom. The first-order chi connectivity index (χ1) is 6.95. The van der Waals surface area contributed by atoms with E-state index >= 15 is 0 Å². The topological polar surface area (TPSA) is 24.5 Å². The van der Waals surface area contributed by atoms with E-state index in [2.05, 4.69) is 22.3 Å². The van der Waals surface area contributed by atoms with Gasteiger partial charge in [0.05, 0.1) is 19.9 Å². The Bertz CT molecular complexity index is 257. The van der Waals surface area contributed by atoms with Crippen molar-refractivity contribution < 1.29 is 4.74 Å². The van der Waals surface area contributed by atoms with Crippen LogP contribution < -0.4 is 5.32 Å². The minimum absolute atomic E-state index is 0.858. The molecule has 3 heteroatoms. The largest absolute Gasteiger partial charge is 0.379 e. The minimum atomic E-state index is 0.858. The zero-order valence-corrected chi connectivity index (χ0v) is 8.28. The van der Waals surface area contributed by atoms with Gasteiger partial charge in [0.2, 0.25) is 0 Å². The van der Waals surface area contributed by atoms with Crippen LogP contribution in [0.3, 0.4) is 0 Å². The van der Waals surface area contributed by atoms with Crippen LogP contribution in [0.5, 0.6) is 0 Å². The van der Waals surface area contributed by atoms with Gasteiger partial charge in [-0.1, -0.05) is 18.2 Å². The van der Waals surface area contributed by atoms with Crippen LogP contribution in [0.15, 0.2) is 30.3 Å². The van der Waals surface area contributed by atoms with Crippen molar-refractivity contribution in [3.05, 3.63) is 30.3 Å².